The smallest absolute Gasteiger partial charge is 0.241 e. The Hall–Kier alpha value is -0.960. The Labute approximate surface area is 164 Å². The van der Waals surface area contributed by atoms with Crippen molar-refractivity contribution < 1.29 is 18.2 Å². The third kappa shape index (κ3) is 4.65. The van der Waals surface area contributed by atoms with Crippen molar-refractivity contribution in [2.24, 2.45) is 0 Å². The molecule has 3 rings (SSSR count). The van der Waals surface area contributed by atoms with Crippen molar-refractivity contribution in [2.45, 2.75) is 23.9 Å². The lowest BCUT2D eigenvalue weighted by atomic mass is 10.1. The third-order valence-electron chi connectivity index (χ3n) is 5.00. The van der Waals surface area contributed by atoms with Gasteiger partial charge in [-0.25, -0.2) is 13.1 Å². The van der Waals surface area contributed by atoms with Crippen LogP contribution in [0.15, 0.2) is 46.7 Å². The Morgan fingerprint density at radius 2 is 1.77 bits per heavy atom. The Morgan fingerprint density at radius 1 is 1.12 bits per heavy atom. The molecule has 0 saturated carbocycles. The van der Waals surface area contributed by atoms with Gasteiger partial charge in [0.1, 0.15) is 32.2 Å². The van der Waals surface area contributed by atoms with Gasteiger partial charge in [-0.1, -0.05) is 17.7 Å². The summed E-state index contributed by atoms with van der Waals surface area (Å²) in [5.74, 6) is 0. The molecule has 1 aliphatic heterocycles. The number of hydrogen-bond donors (Lipinski definition) is 3. The predicted octanol–water partition coefficient (Wildman–Crippen LogP) is 0.223. The van der Waals surface area contributed by atoms with E-state index in [0.717, 1.165) is 26.2 Å². The van der Waals surface area contributed by atoms with E-state index >= 15 is 0 Å². The van der Waals surface area contributed by atoms with Crippen molar-refractivity contribution >= 4 is 33.0 Å². The number of rotatable bonds is 6. The molecular weight excluding hydrogens is 390 g/mol. The summed E-state index contributed by atoms with van der Waals surface area (Å²) in [6.07, 6.45) is 0. The van der Waals surface area contributed by atoms with Gasteiger partial charge in [0.05, 0.1) is 22.9 Å². The van der Waals surface area contributed by atoms with Gasteiger partial charge in [0.25, 0.3) is 0 Å². The molecule has 2 atom stereocenters. The zero-order valence-corrected chi connectivity index (χ0v) is 17.4. The molecule has 0 aliphatic carbocycles. The molecule has 8 heteroatoms. The summed E-state index contributed by atoms with van der Waals surface area (Å²) in [5.41, 5.74) is 0. The van der Waals surface area contributed by atoms with Crippen LogP contribution in [0.25, 0.3) is 0 Å². The van der Waals surface area contributed by atoms with Gasteiger partial charge in [-0.2, -0.15) is 0 Å². The van der Waals surface area contributed by atoms with Crippen LogP contribution in [0, 0.1) is 0 Å². The average Bonchev–Trinajstić information content (AvgIpc) is 3.11. The van der Waals surface area contributed by atoms with Gasteiger partial charge in [0.2, 0.25) is 10.0 Å². The van der Waals surface area contributed by atoms with Crippen LogP contribution in [0.1, 0.15) is 17.8 Å². The molecule has 0 unspecified atom stereocenters. The highest BCUT2D eigenvalue weighted by Crippen LogP contribution is 2.22. The standard InChI is InChI=1S/C18H24ClN3O2S2/c1-14(20-26(23,24)16-7-5-15(19)6-8-16)18(17-4-3-13-25-17)22-11-9-21(2)10-12-22/h3-8,13-14,18,20H,9-12H2,1-2H3/p+2/t14-,18+/m1/s1. The van der Waals surface area contributed by atoms with E-state index in [2.05, 4.69) is 23.2 Å². The molecule has 26 heavy (non-hydrogen) atoms. The number of sulfonamides is 1. The lowest BCUT2D eigenvalue weighted by Crippen LogP contribution is -3.27. The Morgan fingerprint density at radius 3 is 2.35 bits per heavy atom. The number of thiophene rings is 1. The number of quaternary nitrogens is 2. The van der Waals surface area contributed by atoms with E-state index in [4.69, 9.17) is 11.6 Å². The summed E-state index contributed by atoms with van der Waals surface area (Å²) in [7, 11) is -1.37. The van der Waals surface area contributed by atoms with Gasteiger partial charge in [0, 0.05) is 5.02 Å². The first kappa shape index (κ1) is 19.8. The summed E-state index contributed by atoms with van der Waals surface area (Å²) in [5, 5.41) is 2.58. The first-order chi connectivity index (χ1) is 12.4. The second-order valence-corrected chi connectivity index (χ2v) is 10.1. The minimum absolute atomic E-state index is 0.116. The van der Waals surface area contributed by atoms with E-state index in [1.807, 2.05) is 13.0 Å². The second kappa shape index (κ2) is 8.37. The van der Waals surface area contributed by atoms with Crippen LogP contribution < -0.4 is 14.5 Å². The molecule has 1 aromatic heterocycles. The van der Waals surface area contributed by atoms with Crippen LogP contribution in [0.2, 0.25) is 5.02 Å². The highest BCUT2D eigenvalue weighted by atomic mass is 35.5. The maximum Gasteiger partial charge on any atom is 0.241 e. The maximum absolute atomic E-state index is 12.8. The Kier molecular flexibility index (Phi) is 6.37. The van der Waals surface area contributed by atoms with Gasteiger partial charge < -0.3 is 9.80 Å². The van der Waals surface area contributed by atoms with Crippen LogP contribution in [-0.2, 0) is 10.0 Å². The van der Waals surface area contributed by atoms with Crippen LogP contribution in [-0.4, -0.2) is 47.7 Å². The fraction of sp³-hybridized carbons (Fsp3) is 0.444. The summed E-state index contributed by atoms with van der Waals surface area (Å²) < 4.78 is 28.5. The van der Waals surface area contributed by atoms with E-state index in [0.29, 0.717) is 5.02 Å². The minimum atomic E-state index is -3.58. The van der Waals surface area contributed by atoms with Gasteiger partial charge in [-0.15, -0.1) is 11.3 Å². The van der Waals surface area contributed by atoms with E-state index in [9.17, 15) is 8.42 Å². The molecule has 0 radical (unpaired) electrons. The molecule has 2 aromatic rings. The van der Waals surface area contributed by atoms with Gasteiger partial charge >= 0.3 is 0 Å². The summed E-state index contributed by atoms with van der Waals surface area (Å²) >= 11 is 7.58. The molecule has 0 bridgehead atoms. The molecule has 142 valence electrons. The molecule has 1 fully saturated rings. The Bertz CT molecular complexity index is 801. The number of hydrogen-bond acceptors (Lipinski definition) is 3. The number of nitrogens with one attached hydrogen (secondary N) is 3. The fourth-order valence-corrected chi connectivity index (χ4v) is 5.94. The van der Waals surface area contributed by atoms with Crippen molar-refractivity contribution in [3.63, 3.8) is 0 Å². The van der Waals surface area contributed by atoms with Crippen molar-refractivity contribution in [1.29, 1.82) is 0 Å². The lowest BCUT2D eigenvalue weighted by molar-refractivity contribution is -1.02. The number of piperazine rings is 1. The molecule has 0 amide bonds. The Balaban J connectivity index is 1.81. The van der Waals surface area contributed by atoms with E-state index in [-0.39, 0.29) is 17.0 Å². The van der Waals surface area contributed by atoms with Gasteiger partial charge in [-0.3, -0.25) is 0 Å². The maximum atomic E-state index is 12.8. The van der Waals surface area contributed by atoms with E-state index < -0.39 is 10.0 Å². The monoisotopic (exact) mass is 415 g/mol. The third-order valence-corrected chi connectivity index (χ3v) is 7.78. The van der Waals surface area contributed by atoms with Crippen molar-refractivity contribution in [3.05, 3.63) is 51.7 Å². The molecule has 2 heterocycles. The summed E-state index contributed by atoms with van der Waals surface area (Å²) in [4.78, 5) is 4.46. The zero-order valence-electron chi connectivity index (χ0n) is 15.0. The predicted molar refractivity (Wildman–Crippen MR) is 106 cm³/mol. The van der Waals surface area contributed by atoms with Crippen molar-refractivity contribution in [3.8, 4) is 0 Å². The topological polar surface area (TPSA) is 55.0 Å². The normalized spacial score (nSPS) is 23.5. The SMILES string of the molecule is C[C@@H](NS(=O)(=O)c1ccc(Cl)cc1)[C@@H](c1cccs1)[NH+]1CC[NH+](C)CC1. The molecular formula is C18H26ClN3O2S2+2. The number of benzene rings is 1. The molecule has 1 aromatic carbocycles. The summed E-state index contributed by atoms with van der Waals surface area (Å²) in [6, 6.07) is 10.4. The molecule has 3 N–H and O–H groups in total. The quantitative estimate of drug-likeness (QED) is 0.632. The molecule has 1 aliphatic rings. The lowest BCUT2D eigenvalue weighted by Gasteiger charge is -2.35. The zero-order chi connectivity index (χ0) is 18.7. The van der Waals surface area contributed by atoms with E-state index in [1.165, 1.54) is 14.7 Å². The average molecular weight is 416 g/mol. The molecule has 1 saturated heterocycles. The fourth-order valence-electron chi connectivity index (χ4n) is 3.57. The van der Waals surface area contributed by atoms with E-state index in [1.54, 1.807) is 35.6 Å². The number of likely N-dealkylation sites (N-methyl/N-ethyl adjacent to an activating group) is 1. The first-order valence-corrected chi connectivity index (χ1v) is 11.6. The highest BCUT2D eigenvalue weighted by molar-refractivity contribution is 7.89. The van der Waals surface area contributed by atoms with Crippen molar-refractivity contribution in [2.75, 3.05) is 33.2 Å². The second-order valence-electron chi connectivity index (χ2n) is 6.97. The van der Waals surface area contributed by atoms with Gasteiger partial charge in [0.15, 0.2) is 0 Å². The van der Waals surface area contributed by atoms with Crippen LogP contribution >= 0.6 is 22.9 Å². The molecule has 0 spiro atoms. The first-order valence-electron chi connectivity index (χ1n) is 8.84. The van der Waals surface area contributed by atoms with Crippen LogP contribution in [0.3, 0.4) is 0 Å². The van der Waals surface area contributed by atoms with Crippen LogP contribution in [0.4, 0.5) is 0 Å². The molecule has 5 nitrogen and oxygen atoms in total. The van der Waals surface area contributed by atoms with Gasteiger partial charge in [-0.05, 0) is 42.6 Å². The largest absolute Gasteiger partial charge is 0.328 e. The van der Waals surface area contributed by atoms with Crippen molar-refractivity contribution in [1.82, 2.24) is 4.72 Å². The van der Waals surface area contributed by atoms with Crippen LogP contribution in [0.5, 0.6) is 0 Å². The number of halogens is 1. The highest BCUT2D eigenvalue weighted by Gasteiger charge is 2.36. The summed E-state index contributed by atoms with van der Waals surface area (Å²) in [6.45, 7) is 6.26. The minimum Gasteiger partial charge on any atom is -0.328 e.